The highest BCUT2D eigenvalue weighted by atomic mass is 16.5. The molecule has 0 bridgehead atoms. The molecule has 3 rings (SSSR count). The number of likely N-dealkylation sites (N-methyl/N-ethyl adjacent to an activating group) is 1. The van der Waals surface area contributed by atoms with E-state index in [1.54, 1.807) is 0 Å². The number of ether oxygens (including phenoxy) is 1. The molecule has 3 unspecified atom stereocenters. The van der Waals surface area contributed by atoms with Crippen molar-refractivity contribution < 1.29 is 9.84 Å². The molecule has 2 aliphatic rings. The Morgan fingerprint density at radius 2 is 1.86 bits per heavy atom. The molecule has 1 heterocycles. The van der Waals surface area contributed by atoms with Crippen LogP contribution in [0.15, 0.2) is 24.3 Å². The number of aliphatic hydroxyl groups is 1. The third-order valence-corrected chi connectivity index (χ3v) is 5.26. The first-order chi connectivity index (χ1) is 10.2. The summed E-state index contributed by atoms with van der Waals surface area (Å²) in [4.78, 5) is 2.38. The first kappa shape index (κ1) is 15.0. The summed E-state index contributed by atoms with van der Waals surface area (Å²) in [5.74, 6) is 1.23. The lowest BCUT2D eigenvalue weighted by molar-refractivity contribution is 0.0147. The van der Waals surface area contributed by atoms with Crippen LogP contribution >= 0.6 is 0 Å². The molecule has 1 fully saturated rings. The zero-order valence-corrected chi connectivity index (χ0v) is 13.2. The minimum Gasteiger partial charge on any atom is -0.387 e. The predicted molar refractivity (Wildman–Crippen MR) is 84.4 cm³/mol. The van der Waals surface area contributed by atoms with Crippen molar-refractivity contribution >= 4 is 0 Å². The van der Waals surface area contributed by atoms with Crippen LogP contribution in [0.2, 0.25) is 0 Å². The van der Waals surface area contributed by atoms with Gasteiger partial charge in [0.2, 0.25) is 0 Å². The normalized spacial score (nSPS) is 30.4. The van der Waals surface area contributed by atoms with Gasteiger partial charge in [-0.05, 0) is 49.3 Å². The topological polar surface area (TPSA) is 32.7 Å². The molecule has 1 N–H and O–H groups in total. The van der Waals surface area contributed by atoms with Gasteiger partial charge < -0.3 is 14.7 Å². The molecule has 1 aromatic carbocycles. The number of fused-ring (bicyclic) bond motifs is 1. The summed E-state index contributed by atoms with van der Waals surface area (Å²) in [6, 6.07) is 8.60. The number of benzene rings is 1. The molecule has 116 valence electrons. The van der Waals surface area contributed by atoms with Gasteiger partial charge in [0.15, 0.2) is 0 Å². The maximum Gasteiger partial charge on any atom is 0.0948 e. The Kier molecular flexibility index (Phi) is 4.63. The Bertz CT molecular complexity index is 470. The van der Waals surface area contributed by atoms with Gasteiger partial charge in [-0.1, -0.05) is 31.2 Å². The highest BCUT2D eigenvalue weighted by Gasteiger charge is 2.34. The third kappa shape index (κ3) is 3.15. The Balaban J connectivity index is 1.71. The second-order valence-corrected chi connectivity index (χ2v) is 6.77. The average Bonchev–Trinajstić information content (AvgIpc) is 2.52. The molecule has 1 aliphatic carbocycles. The van der Waals surface area contributed by atoms with Gasteiger partial charge in [0.25, 0.3) is 0 Å². The third-order valence-electron chi connectivity index (χ3n) is 5.26. The van der Waals surface area contributed by atoms with Crippen LogP contribution in [-0.4, -0.2) is 42.9 Å². The van der Waals surface area contributed by atoms with Crippen LogP contribution in [0.3, 0.4) is 0 Å². The van der Waals surface area contributed by atoms with Gasteiger partial charge >= 0.3 is 0 Å². The summed E-state index contributed by atoms with van der Waals surface area (Å²) in [6.45, 7) is 5.13. The van der Waals surface area contributed by atoms with Crippen LogP contribution in [0.5, 0.6) is 0 Å². The Hall–Kier alpha value is -0.900. The van der Waals surface area contributed by atoms with E-state index in [-0.39, 0.29) is 12.1 Å². The number of rotatable bonds is 3. The van der Waals surface area contributed by atoms with Gasteiger partial charge in [0, 0.05) is 25.8 Å². The molecule has 0 spiro atoms. The van der Waals surface area contributed by atoms with E-state index < -0.39 is 0 Å². The maximum absolute atomic E-state index is 10.8. The number of hydrogen-bond donors (Lipinski definition) is 1. The van der Waals surface area contributed by atoms with E-state index >= 15 is 0 Å². The van der Waals surface area contributed by atoms with Crippen LogP contribution in [0, 0.1) is 5.92 Å². The smallest absolute Gasteiger partial charge is 0.0948 e. The molecule has 0 radical (unpaired) electrons. The van der Waals surface area contributed by atoms with Gasteiger partial charge in [-0.15, -0.1) is 0 Å². The minimum atomic E-state index is -0.359. The average molecular weight is 289 g/mol. The first-order valence-electron chi connectivity index (χ1n) is 8.21. The number of nitrogens with zero attached hydrogens (tertiary/aromatic N) is 1. The van der Waals surface area contributed by atoms with E-state index in [4.69, 9.17) is 4.74 Å². The van der Waals surface area contributed by atoms with Crippen LogP contribution < -0.4 is 0 Å². The van der Waals surface area contributed by atoms with Gasteiger partial charge in [-0.25, -0.2) is 0 Å². The fourth-order valence-electron chi connectivity index (χ4n) is 3.95. The molecule has 3 nitrogen and oxygen atoms in total. The van der Waals surface area contributed by atoms with Crippen molar-refractivity contribution in [1.29, 1.82) is 0 Å². The van der Waals surface area contributed by atoms with E-state index in [1.165, 1.54) is 5.56 Å². The Morgan fingerprint density at radius 1 is 1.19 bits per heavy atom. The summed E-state index contributed by atoms with van der Waals surface area (Å²) in [6.07, 6.45) is 2.98. The van der Waals surface area contributed by atoms with Crippen LogP contribution in [0.1, 0.15) is 49.3 Å². The Morgan fingerprint density at radius 3 is 2.57 bits per heavy atom. The molecule has 21 heavy (non-hydrogen) atoms. The summed E-state index contributed by atoms with van der Waals surface area (Å²) < 4.78 is 5.44. The van der Waals surface area contributed by atoms with E-state index in [1.807, 2.05) is 6.07 Å². The van der Waals surface area contributed by atoms with Crippen molar-refractivity contribution in [1.82, 2.24) is 4.90 Å². The van der Waals surface area contributed by atoms with E-state index in [0.717, 1.165) is 44.6 Å². The van der Waals surface area contributed by atoms with E-state index in [2.05, 4.69) is 37.1 Å². The summed E-state index contributed by atoms with van der Waals surface area (Å²) in [5, 5.41) is 10.8. The SMILES string of the molecule is CC1CC(N(C)CC2CCOCC2)C(O)c2ccccc21. The first-order valence-corrected chi connectivity index (χ1v) is 8.21. The van der Waals surface area contributed by atoms with Crippen molar-refractivity contribution in [3.05, 3.63) is 35.4 Å². The van der Waals surface area contributed by atoms with Gasteiger partial charge in [0.1, 0.15) is 0 Å². The molecule has 1 saturated heterocycles. The quantitative estimate of drug-likeness (QED) is 0.928. The standard InChI is InChI=1S/C18H27NO2/c1-13-11-17(18(20)16-6-4-3-5-15(13)16)19(2)12-14-7-9-21-10-8-14/h3-6,13-14,17-18,20H,7-12H2,1-2H3. The fraction of sp³-hybridized carbons (Fsp3) is 0.667. The predicted octanol–water partition coefficient (Wildman–Crippen LogP) is 2.95. The zero-order valence-electron chi connectivity index (χ0n) is 13.2. The molecule has 1 aliphatic heterocycles. The molecule has 3 heteroatoms. The fourth-order valence-corrected chi connectivity index (χ4v) is 3.95. The summed E-state index contributed by atoms with van der Waals surface area (Å²) >= 11 is 0. The van der Waals surface area contributed by atoms with Crippen molar-refractivity contribution in [2.24, 2.45) is 5.92 Å². The molecule has 1 aromatic rings. The van der Waals surface area contributed by atoms with Crippen molar-refractivity contribution in [2.75, 3.05) is 26.8 Å². The molecular weight excluding hydrogens is 262 g/mol. The highest BCUT2D eigenvalue weighted by molar-refractivity contribution is 5.35. The molecule has 0 saturated carbocycles. The summed E-state index contributed by atoms with van der Waals surface area (Å²) in [7, 11) is 2.17. The molecule has 0 amide bonds. The lowest BCUT2D eigenvalue weighted by atomic mass is 9.78. The summed E-state index contributed by atoms with van der Waals surface area (Å²) in [5.41, 5.74) is 2.45. The molecule has 3 atom stereocenters. The van der Waals surface area contributed by atoms with Crippen LogP contribution in [0.4, 0.5) is 0 Å². The van der Waals surface area contributed by atoms with Crippen molar-refractivity contribution in [3.8, 4) is 0 Å². The van der Waals surface area contributed by atoms with Crippen molar-refractivity contribution in [3.63, 3.8) is 0 Å². The highest BCUT2D eigenvalue weighted by Crippen LogP contribution is 2.39. The van der Waals surface area contributed by atoms with E-state index in [0.29, 0.717) is 11.8 Å². The van der Waals surface area contributed by atoms with E-state index in [9.17, 15) is 5.11 Å². The van der Waals surface area contributed by atoms with Gasteiger partial charge in [0.05, 0.1) is 6.10 Å². The van der Waals surface area contributed by atoms with Crippen molar-refractivity contribution in [2.45, 2.75) is 44.2 Å². The maximum atomic E-state index is 10.8. The van der Waals surface area contributed by atoms with Crippen LogP contribution in [-0.2, 0) is 4.74 Å². The zero-order chi connectivity index (χ0) is 14.8. The lowest BCUT2D eigenvalue weighted by Gasteiger charge is -2.41. The monoisotopic (exact) mass is 289 g/mol. The second-order valence-electron chi connectivity index (χ2n) is 6.77. The molecular formula is C18H27NO2. The number of hydrogen-bond acceptors (Lipinski definition) is 3. The second kappa shape index (κ2) is 6.47. The largest absolute Gasteiger partial charge is 0.387 e. The lowest BCUT2D eigenvalue weighted by Crippen LogP contribution is -2.43. The number of aliphatic hydroxyl groups excluding tert-OH is 1. The van der Waals surface area contributed by atoms with Gasteiger partial charge in [-0.3, -0.25) is 0 Å². The Labute approximate surface area is 127 Å². The van der Waals surface area contributed by atoms with Gasteiger partial charge in [-0.2, -0.15) is 0 Å². The van der Waals surface area contributed by atoms with Crippen LogP contribution in [0.25, 0.3) is 0 Å². The molecule has 0 aromatic heterocycles. The minimum absolute atomic E-state index is 0.234.